The van der Waals surface area contributed by atoms with Crippen molar-refractivity contribution < 1.29 is 4.79 Å². The van der Waals surface area contributed by atoms with Gasteiger partial charge in [0.1, 0.15) is 6.54 Å². The third-order valence-electron chi connectivity index (χ3n) is 5.02. The number of nitrogens with one attached hydrogen (secondary N) is 1. The molecule has 1 aliphatic rings. The molecule has 28 heavy (non-hydrogen) atoms. The largest absolute Gasteiger partial charge is 0.368 e. The fourth-order valence-electron chi connectivity index (χ4n) is 3.39. The van der Waals surface area contributed by atoms with Crippen molar-refractivity contribution >= 4 is 23.8 Å². The molecule has 0 spiro atoms. The highest BCUT2D eigenvalue weighted by Crippen LogP contribution is 2.19. The van der Waals surface area contributed by atoms with E-state index in [0.717, 1.165) is 24.3 Å². The van der Waals surface area contributed by atoms with Crippen LogP contribution in [0.25, 0.3) is 11.4 Å². The van der Waals surface area contributed by atoms with Gasteiger partial charge in [-0.3, -0.25) is 19.4 Å². The molecule has 0 bridgehead atoms. The number of aromatic amines is 1. The van der Waals surface area contributed by atoms with Crippen LogP contribution < -0.4 is 4.90 Å². The highest BCUT2D eigenvalue weighted by atomic mass is 32.1. The lowest BCUT2D eigenvalue weighted by atomic mass is 10.1. The Morgan fingerprint density at radius 3 is 2.43 bits per heavy atom. The zero-order chi connectivity index (χ0) is 19.5. The van der Waals surface area contributed by atoms with Crippen molar-refractivity contribution in [3.05, 3.63) is 59.1 Å². The third kappa shape index (κ3) is 3.82. The monoisotopic (exact) mass is 394 g/mol. The highest BCUT2D eigenvalue weighted by Gasteiger charge is 2.22. The standard InChI is InChI=1S/C20H22N6OS/c1-15-2-4-16(5-3-15)19-22-23-20(28)26(19)14-18(27)25-12-10-24(11-13-25)17-6-8-21-9-7-17/h2-9H,10-14H2,1H3,(H,23,28). The van der Waals surface area contributed by atoms with Crippen LogP contribution in [0.4, 0.5) is 5.69 Å². The van der Waals surface area contributed by atoms with Gasteiger partial charge in [-0.2, -0.15) is 5.10 Å². The Bertz CT molecular complexity index is 1000. The summed E-state index contributed by atoms with van der Waals surface area (Å²) in [6, 6.07) is 12.0. The molecular weight excluding hydrogens is 372 g/mol. The number of rotatable bonds is 4. The number of carbonyl (C=O) groups excluding carboxylic acids is 1. The molecule has 0 radical (unpaired) electrons. The lowest BCUT2D eigenvalue weighted by molar-refractivity contribution is -0.132. The van der Waals surface area contributed by atoms with Crippen LogP contribution in [0.2, 0.25) is 0 Å². The number of H-pyrrole nitrogens is 1. The van der Waals surface area contributed by atoms with E-state index in [0.29, 0.717) is 23.7 Å². The summed E-state index contributed by atoms with van der Waals surface area (Å²) in [5.74, 6) is 0.744. The summed E-state index contributed by atoms with van der Waals surface area (Å²) in [4.78, 5) is 21.1. The first-order chi connectivity index (χ1) is 13.6. The second-order valence-corrected chi connectivity index (χ2v) is 7.26. The number of hydrogen-bond acceptors (Lipinski definition) is 5. The maximum atomic E-state index is 12.9. The summed E-state index contributed by atoms with van der Waals surface area (Å²) < 4.78 is 2.23. The Kier molecular flexibility index (Phi) is 5.21. The van der Waals surface area contributed by atoms with Crippen LogP contribution in [-0.4, -0.2) is 56.7 Å². The molecule has 1 saturated heterocycles. The average molecular weight is 395 g/mol. The summed E-state index contributed by atoms with van der Waals surface area (Å²) in [6.45, 7) is 5.21. The van der Waals surface area contributed by atoms with Gasteiger partial charge in [0.15, 0.2) is 10.6 Å². The molecule has 3 aromatic rings. The number of hydrogen-bond donors (Lipinski definition) is 1. The SMILES string of the molecule is Cc1ccc(-c2n[nH]c(=S)n2CC(=O)N2CCN(c3ccncc3)CC2)cc1. The van der Waals surface area contributed by atoms with E-state index in [1.165, 1.54) is 5.56 Å². The minimum Gasteiger partial charge on any atom is -0.368 e. The van der Waals surface area contributed by atoms with Gasteiger partial charge in [-0.05, 0) is 31.3 Å². The van der Waals surface area contributed by atoms with E-state index in [1.54, 1.807) is 17.0 Å². The quantitative estimate of drug-likeness (QED) is 0.689. The van der Waals surface area contributed by atoms with Crippen molar-refractivity contribution in [3.8, 4) is 11.4 Å². The average Bonchev–Trinajstić information content (AvgIpc) is 3.09. The Hall–Kier alpha value is -3.00. The molecule has 0 aliphatic carbocycles. The number of anilines is 1. The smallest absolute Gasteiger partial charge is 0.242 e. The van der Waals surface area contributed by atoms with E-state index in [1.807, 2.05) is 48.2 Å². The van der Waals surface area contributed by atoms with Crippen LogP contribution in [0.5, 0.6) is 0 Å². The number of nitrogens with zero attached hydrogens (tertiary/aromatic N) is 5. The van der Waals surface area contributed by atoms with E-state index in [2.05, 4.69) is 20.1 Å². The van der Waals surface area contributed by atoms with Gasteiger partial charge in [0, 0.05) is 49.8 Å². The minimum atomic E-state index is 0.0558. The van der Waals surface area contributed by atoms with Crippen LogP contribution in [0.15, 0.2) is 48.8 Å². The van der Waals surface area contributed by atoms with E-state index >= 15 is 0 Å². The van der Waals surface area contributed by atoms with E-state index < -0.39 is 0 Å². The minimum absolute atomic E-state index is 0.0558. The molecule has 1 amide bonds. The van der Waals surface area contributed by atoms with Gasteiger partial charge in [0.25, 0.3) is 0 Å². The molecule has 144 valence electrons. The molecular formula is C20H22N6OS. The Morgan fingerprint density at radius 1 is 1.07 bits per heavy atom. The summed E-state index contributed by atoms with van der Waals surface area (Å²) >= 11 is 5.36. The van der Waals surface area contributed by atoms with E-state index in [-0.39, 0.29) is 12.5 Å². The van der Waals surface area contributed by atoms with Crippen molar-refractivity contribution in [1.29, 1.82) is 0 Å². The maximum absolute atomic E-state index is 12.9. The molecule has 1 N–H and O–H groups in total. The maximum Gasteiger partial charge on any atom is 0.242 e. The molecule has 1 fully saturated rings. The number of aryl methyl sites for hydroxylation is 1. The van der Waals surface area contributed by atoms with Crippen LogP contribution in [0, 0.1) is 11.7 Å². The second kappa shape index (κ2) is 7.93. The number of amides is 1. The van der Waals surface area contributed by atoms with Crippen molar-refractivity contribution in [3.63, 3.8) is 0 Å². The lowest BCUT2D eigenvalue weighted by Gasteiger charge is -2.36. The number of aromatic nitrogens is 4. The molecule has 2 aromatic heterocycles. The van der Waals surface area contributed by atoms with Crippen LogP contribution >= 0.6 is 12.2 Å². The summed E-state index contributed by atoms with van der Waals surface area (Å²) in [5.41, 5.74) is 3.25. The molecule has 1 aliphatic heterocycles. The Balaban J connectivity index is 1.44. The van der Waals surface area contributed by atoms with Gasteiger partial charge in [0.05, 0.1) is 0 Å². The number of pyridine rings is 1. The molecule has 7 nitrogen and oxygen atoms in total. The summed E-state index contributed by atoms with van der Waals surface area (Å²) in [6.07, 6.45) is 3.58. The third-order valence-corrected chi connectivity index (χ3v) is 5.33. The Morgan fingerprint density at radius 2 is 1.75 bits per heavy atom. The number of benzene rings is 1. The lowest BCUT2D eigenvalue weighted by Crippen LogP contribution is -2.49. The van der Waals surface area contributed by atoms with Crippen molar-refractivity contribution in [2.45, 2.75) is 13.5 Å². The van der Waals surface area contributed by atoms with E-state index in [9.17, 15) is 4.79 Å². The number of carbonyl (C=O) groups is 1. The second-order valence-electron chi connectivity index (χ2n) is 6.88. The van der Waals surface area contributed by atoms with E-state index in [4.69, 9.17) is 12.2 Å². The predicted molar refractivity (Wildman–Crippen MR) is 111 cm³/mol. The van der Waals surface area contributed by atoms with Crippen molar-refractivity contribution in [2.75, 3.05) is 31.1 Å². The first-order valence-corrected chi connectivity index (χ1v) is 9.67. The van der Waals surface area contributed by atoms with Gasteiger partial charge in [-0.25, -0.2) is 0 Å². The normalized spacial score (nSPS) is 14.3. The molecule has 1 aromatic carbocycles. The first-order valence-electron chi connectivity index (χ1n) is 9.27. The van der Waals surface area contributed by atoms with Crippen LogP contribution in [-0.2, 0) is 11.3 Å². The highest BCUT2D eigenvalue weighted by molar-refractivity contribution is 7.71. The van der Waals surface area contributed by atoms with Gasteiger partial charge in [-0.1, -0.05) is 29.8 Å². The Labute approximate surface area is 168 Å². The molecule has 4 rings (SSSR count). The van der Waals surface area contributed by atoms with Gasteiger partial charge in [-0.15, -0.1) is 0 Å². The summed E-state index contributed by atoms with van der Waals surface area (Å²) in [5, 5.41) is 7.14. The summed E-state index contributed by atoms with van der Waals surface area (Å²) in [7, 11) is 0. The molecule has 0 unspecified atom stereocenters. The number of piperazine rings is 1. The first kappa shape index (κ1) is 18.4. The van der Waals surface area contributed by atoms with Gasteiger partial charge < -0.3 is 9.80 Å². The fraction of sp³-hybridized carbons (Fsp3) is 0.300. The van der Waals surface area contributed by atoms with Crippen molar-refractivity contribution in [1.82, 2.24) is 24.6 Å². The molecule has 0 atom stereocenters. The molecule has 8 heteroatoms. The fourth-order valence-corrected chi connectivity index (χ4v) is 3.59. The predicted octanol–water partition coefficient (Wildman–Crippen LogP) is 2.66. The zero-order valence-electron chi connectivity index (χ0n) is 15.7. The molecule has 0 saturated carbocycles. The van der Waals surface area contributed by atoms with Crippen molar-refractivity contribution in [2.24, 2.45) is 0 Å². The van der Waals surface area contributed by atoms with Gasteiger partial charge in [0.2, 0.25) is 5.91 Å². The topological polar surface area (TPSA) is 70.1 Å². The van der Waals surface area contributed by atoms with Crippen LogP contribution in [0.1, 0.15) is 5.56 Å². The molecule has 3 heterocycles. The van der Waals surface area contributed by atoms with Crippen LogP contribution in [0.3, 0.4) is 0 Å². The zero-order valence-corrected chi connectivity index (χ0v) is 16.5. The van der Waals surface area contributed by atoms with Gasteiger partial charge >= 0.3 is 0 Å².